The summed E-state index contributed by atoms with van der Waals surface area (Å²) in [7, 11) is 0. The summed E-state index contributed by atoms with van der Waals surface area (Å²) in [5, 5.41) is 0.943. The standard InChI is InChI=1S/C19H15ClO4/c1-11-7-8-17-14(9-11)16(21)10-18(24-17)19(22)23-12(2)13-5-3-4-6-15(13)20/h3-10,12H,1-2H3/t12-/m1/s1. The largest absolute Gasteiger partial charge is 0.452 e. The monoisotopic (exact) mass is 342 g/mol. The number of hydrogen-bond acceptors (Lipinski definition) is 4. The average molecular weight is 343 g/mol. The molecule has 0 aliphatic carbocycles. The molecule has 122 valence electrons. The van der Waals surface area contributed by atoms with Crippen LogP contribution >= 0.6 is 11.6 Å². The third-order valence-electron chi connectivity index (χ3n) is 3.71. The van der Waals surface area contributed by atoms with Crippen LogP contribution in [0.15, 0.2) is 57.7 Å². The first-order valence-electron chi connectivity index (χ1n) is 7.45. The highest BCUT2D eigenvalue weighted by Crippen LogP contribution is 2.26. The van der Waals surface area contributed by atoms with E-state index in [0.29, 0.717) is 21.6 Å². The van der Waals surface area contributed by atoms with Crippen LogP contribution in [0, 0.1) is 6.92 Å². The molecule has 0 saturated heterocycles. The van der Waals surface area contributed by atoms with E-state index in [1.165, 1.54) is 0 Å². The summed E-state index contributed by atoms with van der Waals surface area (Å²) in [5.74, 6) is -0.836. The number of benzene rings is 2. The Bertz CT molecular complexity index is 975. The van der Waals surface area contributed by atoms with Crippen LogP contribution in [0.5, 0.6) is 0 Å². The number of hydrogen-bond donors (Lipinski definition) is 0. The zero-order valence-corrected chi connectivity index (χ0v) is 14.0. The van der Waals surface area contributed by atoms with Gasteiger partial charge in [0.05, 0.1) is 5.39 Å². The summed E-state index contributed by atoms with van der Waals surface area (Å²) >= 11 is 6.10. The van der Waals surface area contributed by atoms with Gasteiger partial charge in [0.1, 0.15) is 11.7 Å². The van der Waals surface area contributed by atoms with Crippen molar-refractivity contribution in [3.05, 3.63) is 80.7 Å². The van der Waals surface area contributed by atoms with E-state index in [2.05, 4.69) is 0 Å². The number of rotatable bonds is 3. The molecule has 1 aromatic heterocycles. The van der Waals surface area contributed by atoms with E-state index in [4.69, 9.17) is 20.8 Å². The fraction of sp³-hybridized carbons (Fsp3) is 0.158. The Hall–Kier alpha value is -2.59. The Morgan fingerprint density at radius 1 is 1.17 bits per heavy atom. The van der Waals surface area contributed by atoms with Gasteiger partial charge in [-0.25, -0.2) is 4.79 Å². The second-order valence-corrected chi connectivity index (χ2v) is 5.95. The van der Waals surface area contributed by atoms with E-state index in [1.54, 1.807) is 37.3 Å². The Morgan fingerprint density at radius 3 is 2.67 bits per heavy atom. The molecule has 0 aliphatic rings. The van der Waals surface area contributed by atoms with Crippen molar-refractivity contribution in [3.63, 3.8) is 0 Å². The number of ether oxygens (including phenoxy) is 1. The molecule has 0 saturated carbocycles. The van der Waals surface area contributed by atoms with Gasteiger partial charge >= 0.3 is 5.97 Å². The fourth-order valence-corrected chi connectivity index (χ4v) is 2.75. The van der Waals surface area contributed by atoms with E-state index < -0.39 is 12.1 Å². The highest BCUT2D eigenvalue weighted by atomic mass is 35.5. The third kappa shape index (κ3) is 3.19. The van der Waals surface area contributed by atoms with Crippen LogP contribution in [0.3, 0.4) is 0 Å². The predicted octanol–water partition coefficient (Wildman–Crippen LogP) is 4.67. The van der Waals surface area contributed by atoms with Gasteiger partial charge in [-0.05, 0) is 32.0 Å². The molecule has 24 heavy (non-hydrogen) atoms. The average Bonchev–Trinajstić information content (AvgIpc) is 2.55. The molecule has 0 radical (unpaired) electrons. The molecule has 2 aromatic carbocycles. The second-order valence-electron chi connectivity index (χ2n) is 5.54. The van der Waals surface area contributed by atoms with Gasteiger partial charge in [0.25, 0.3) is 0 Å². The number of halogens is 1. The van der Waals surface area contributed by atoms with Gasteiger partial charge in [-0.15, -0.1) is 0 Å². The number of fused-ring (bicyclic) bond motifs is 1. The summed E-state index contributed by atoms with van der Waals surface area (Å²) < 4.78 is 10.9. The summed E-state index contributed by atoms with van der Waals surface area (Å²) in [5.41, 5.74) is 1.70. The number of esters is 1. The van der Waals surface area contributed by atoms with Crippen molar-refractivity contribution >= 4 is 28.5 Å². The van der Waals surface area contributed by atoms with E-state index in [0.717, 1.165) is 11.6 Å². The fourth-order valence-electron chi connectivity index (χ4n) is 2.46. The molecule has 0 spiro atoms. The minimum atomic E-state index is -0.706. The molecule has 1 atom stereocenters. The van der Waals surface area contributed by atoms with Crippen molar-refractivity contribution in [1.82, 2.24) is 0 Å². The summed E-state index contributed by atoms with van der Waals surface area (Å²) in [4.78, 5) is 24.5. The maximum atomic E-state index is 12.3. The molecule has 0 fully saturated rings. The van der Waals surface area contributed by atoms with Gasteiger partial charge in [-0.1, -0.05) is 41.4 Å². The Kier molecular flexibility index (Phi) is 4.40. The van der Waals surface area contributed by atoms with E-state index in [1.807, 2.05) is 19.1 Å². The van der Waals surface area contributed by atoms with Crippen LogP contribution in [-0.2, 0) is 4.74 Å². The number of aryl methyl sites for hydroxylation is 1. The van der Waals surface area contributed by atoms with Gasteiger partial charge in [0, 0.05) is 16.7 Å². The molecule has 0 bridgehead atoms. The lowest BCUT2D eigenvalue weighted by atomic mass is 10.1. The first-order chi connectivity index (χ1) is 11.5. The maximum Gasteiger partial charge on any atom is 0.374 e. The predicted molar refractivity (Wildman–Crippen MR) is 92.5 cm³/mol. The van der Waals surface area contributed by atoms with Gasteiger partial charge in [-0.2, -0.15) is 0 Å². The zero-order chi connectivity index (χ0) is 17.3. The molecule has 3 aromatic rings. The van der Waals surface area contributed by atoms with Crippen molar-refractivity contribution < 1.29 is 13.9 Å². The molecule has 4 nitrogen and oxygen atoms in total. The number of carbonyl (C=O) groups is 1. The third-order valence-corrected chi connectivity index (χ3v) is 4.06. The topological polar surface area (TPSA) is 56.5 Å². The van der Waals surface area contributed by atoms with Crippen molar-refractivity contribution in [2.24, 2.45) is 0 Å². The molecule has 0 N–H and O–H groups in total. The van der Waals surface area contributed by atoms with Gasteiger partial charge in [0.2, 0.25) is 5.76 Å². The van der Waals surface area contributed by atoms with Crippen LogP contribution in [0.25, 0.3) is 11.0 Å². The van der Waals surface area contributed by atoms with Crippen molar-refractivity contribution in [2.75, 3.05) is 0 Å². The van der Waals surface area contributed by atoms with Crippen LogP contribution in [0.2, 0.25) is 5.02 Å². The summed E-state index contributed by atoms with van der Waals surface area (Å²) in [6, 6.07) is 13.5. The molecular weight excluding hydrogens is 328 g/mol. The first kappa shape index (κ1) is 16.3. The Labute approximate surface area is 143 Å². The quantitative estimate of drug-likeness (QED) is 0.649. The lowest BCUT2D eigenvalue weighted by Gasteiger charge is -2.14. The van der Waals surface area contributed by atoms with E-state index in [9.17, 15) is 9.59 Å². The SMILES string of the molecule is Cc1ccc2oc(C(=O)O[C@H](C)c3ccccc3Cl)cc(=O)c2c1. The molecule has 1 heterocycles. The summed E-state index contributed by atoms with van der Waals surface area (Å²) in [6.45, 7) is 3.59. The van der Waals surface area contributed by atoms with Gasteiger partial charge in [-0.3, -0.25) is 4.79 Å². The molecule has 5 heteroatoms. The van der Waals surface area contributed by atoms with Crippen molar-refractivity contribution in [1.29, 1.82) is 0 Å². The molecule has 0 unspecified atom stereocenters. The lowest BCUT2D eigenvalue weighted by molar-refractivity contribution is 0.0302. The summed E-state index contributed by atoms with van der Waals surface area (Å²) in [6.07, 6.45) is -0.565. The number of carbonyl (C=O) groups excluding carboxylic acids is 1. The second kappa shape index (κ2) is 6.49. The zero-order valence-electron chi connectivity index (χ0n) is 13.2. The molecular formula is C19H15ClO4. The molecule has 0 aliphatic heterocycles. The van der Waals surface area contributed by atoms with Crippen molar-refractivity contribution in [3.8, 4) is 0 Å². The van der Waals surface area contributed by atoms with E-state index in [-0.39, 0.29) is 11.2 Å². The van der Waals surface area contributed by atoms with Crippen LogP contribution in [0.1, 0.15) is 34.7 Å². The smallest absolute Gasteiger partial charge is 0.374 e. The lowest BCUT2D eigenvalue weighted by Crippen LogP contribution is -2.12. The Balaban J connectivity index is 1.90. The minimum Gasteiger partial charge on any atom is -0.452 e. The van der Waals surface area contributed by atoms with Crippen LogP contribution in [-0.4, -0.2) is 5.97 Å². The maximum absolute atomic E-state index is 12.3. The van der Waals surface area contributed by atoms with Crippen molar-refractivity contribution in [2.45, 2.75) is 20.0 Å². The highest BCUT2D eigenvalue weighted by molar-refractivity contribution is 6.31. The van der Waals surface area contributed by atoms with Crippen LogP contribution < -0.4 is 5.43 Å². The molecule has 0 amide bonds. The normalized spacial score (nSPS) is 12.1. The minimum absolute atomic E-state index is 0.129. The van der Waals surface area contributed by atoms with Gasteiger partial charge in [0.15, 0.2) is 5.43 Å². The Morgan fingerprint density at radius 2 is 1.92 bits per heavy atom. The molecule has 3 rings (SSSR count). The van der Waals surface area contributed by atoms with Gasteiger partial charge < -0.3 is 9.15 Å². The first-order valence-corrected chi connectivity index (χ1v) is 7.83. The van der Waals surface area contributed by atoms with Crippen LogP contribution in [0.4, 0.5) is 0 Å². The highest BCUT2D eigenvalue weighted by Gasteiger charge is 2.19. The van der Waals surface area contributed by atoms with E-state index >= 15 is 0 Å².